The van der Waals surface area contributed by atoms with Gasteiger partial charge in [-0.05, 0) is 18.8 Å². The van der Waals surface area contributed by atoms with Crippen LogP contribution in [0, 0.1) is 5.92 Å². The van der Waals surface area contributed by atoms with E-state index in [0.717, 1.165) is 12.8 Å². The van der Waals surface area contributed by atoms with Crippen LogP contribution in [-0.2, 0) is 4.74 Å². The van der Waals surface area contributed by atoms with Crippen molar-refractivity contribution in [1.82, 2.24) is 0 Å². The van der Waals surface area contributed by atoms with E-state index in [1.54, 1.807) is 7.11 Å². The summed E-state index contributed by atoms with van der Waals surface area (Å²) in [4.78, 5) is 0. The monoisotopic (exact) mass is 159 g/mol. The molecular weight excluding hydrogens is 142 g/mol. The zero-order chi connectivity index (χ0) is 8.43. The summed E-state index contributed by atoms with van der Waals surface area (Å²) in [6, 6.07) is -0.108. The van der Waals surface area contributed by atoms with Crippen LogP contribution in [0.1, 0.15) is 19.8 Å². The van der Waals surface area contributed by atoms with Crippen LogP contribution in [0.3, 0.4) is 0 Å². The van der Waals surface area contributed by atoms with Crippen molar-refractivity contribution in [1.29, 1.82) is 0 Å². The van der Waals surface area contributed by atoms with E-state index in [0.29, 0.717) is 0 Å². The van der Waals surface area contributed by atoms with Gasteiger partial charge in [0.25, 0.3) is 0 Å². The molecule has 0 heterocycles. The lowest BCUT2D eigenvalue weighted by atomic mass is 9.83. The molecule has 3 nitrogen and oxygen atoms in total. The maximum atomic E-state index is 9.48. The molecule has 0 aromatic heterocycles. The number of aliphatic hydroxyl groups excluding tert-OH is 1. The Morgan fingerprint density at radius 1 is 1.45 bits per heavy atom. The third kappa shape index (κ3) is 1.92. The minimum Gasteiger partial charge on any atom is -0.391 e. The van der Waals surface area contributed by atoms with Crippen LogP contribution in [0.5, 0.6) is 0 Å². The van der Waals surface area contributed by atoms with Gasteiger partial charge >= 0.3 is 0 Å². The van der Waals surface area contributed by atoms with E-state index in [4.69, 9.17) is 10.5 Å². The Labute approximate surface area is 67.5 Å². The van der Waals surface area contributed by atoms with Crippen LogP contribution in [-0.4, -0.2) is 30.5 Å². The highest BCUT2D eigenvalue weighted by atomic mass is 16.5. The summed E-state index contributed by atoms with van der Waals surface area (Å²) in [5.74, 6) is 0.267. The lowest BCUT2D eigenvalue weighted by Crippen LogP contribution is -2.47. The van der Waals surface area contributed by atoms with E-state index >= 15 is 0 Å². The third-order valence-corrected chi connectivity index (χ3v) is 2.52. The lowest BCUT2D eigenvalue weighted by Gasteiger charge is -2.34. The lowest BCUT2D eigenvalue weighted by molar-refractivity contribution is -0.0204. The van der Waals surface area contributed by atoms with Gasteiger partial charge in [-0.15, -0.1) is 0 Å². The Hall–Kier alpha value is -0.120. The van der Waals surface area contributed by atoms with Crippen molar-refractivity contribution < 1.29 is 9.84 Å². The molecule has 1 saturated carbocycles. The van der Waals surface area contributed by atoms with Crippen LogP contribution in [0.4, 0.5) is 0 Å². The Morgan fingerprint density at radius 3 is 2.55 bits per heavy atom. The fourth-order valence-electron chi connectivity index (χ4n) is 1.71. The molecule has 1 aliphatic rings. The minimum absolute atomic E-state index is 0.108. The first-order valence-corrected chi connectivity index (χ1v) is 4.11. The number of ether oxygens (including phenoxy) is 1. The quantitative estimate of drug-likeness (QED) is 0.571. The Kier molecular flexibility index (Phi) is 2.87. The SMILES string of the molecule is CO[C@@H]1CC(C)[C@@H](O)[C@H](N)C1. The first kappa shape index (κ1) is 8.97. The summed E-state index contributed by atoms with van der Waals surface area (Å²) in [6.45, 7) is 2.01. The Bertz CT molecular complexity index is 117. The van der Waals surface area contributed by atoms with Crippen LogP contribution >= 0.6 is 0 Å². The second-order valence-corrected chi connectivity index (χ2v) is 3.46. The van der Waals surface area contributed by atoms with Gasteiger partial charge in [0.1, 0.15) is 0 Å². The van der Waals surface area contributed by atoms with Crippen LogP contribution in [0.15, 0.2) is 0 Å². The van der Waals surface area contributed by atoms with E-state index < -0.39 is 0 Å². The van der Waals surface area contributed by atoms with E-state index in [9.17, 15) is 5.11 Å². The molecule has 0 aromatic rings. The van der Waals surface area contributed by atoms with E-state index in [1.165, 1.54) is 0 Å². The zero-order valence-corrected chi connectivity index (χ0v) is 7.16. The molecule has 0 bridgehead atoms. The molecule has 1 aliphatic carbocycles. The average molecular weight is 159 g/mol. The van der Waals surface area contributed by atoms with Crippen LogP contribution < -0.4 is 5.73 Å². The van der Waals surface area contributed by atoms with E-state index in [1.807, 2.05) is 6.92 Å². The van der Waals surface area contributed by atoms with Gasteiger partial charge < -0.3 is 15.6 Å². The zero-order valence-electron chi connectivity index (χ0n) is 7.16. The van der Waals surface area contributed by atoms with Crippen molar-refractivity contribution in [3.05, 3.63) is 0 Å². The number of rotatable bonds is 1. The van der Waals surface area contributed by atoms with Gasteiger partial charge in [0.05, 0.1) is 12.2 Å². The van der Waals surface area contributed by atoms with Gasteiger partial charge in [-0.3, -0.25) is 0 Å². The molecule has 3 heteroatoms. The second-order valence-electron chi connectivity index (χ2n) is 3.46. The van der Waals surface area contributed by atoms with E-state index in [-0.39, 0.29) is 24.2 Å². The van der Waals surface area contributed by atoms with E-state index in [2.05, 4.69) is 0 Å². The molecule has 0 amide bonds. The third-order valence-electron chi connectivity index (χ3n) is 2.52. The molecule has 1 unspecified atom stereocenters. The van der Waals surface area contributed by atoms with Gasteiger partial charge in [-0.25, -0.2) is 0 Å². The van der Waals surface area contributed by atoms with Gasteiger partial charge in [-0.2, -0.15) is 0 Å². The molecule has 11 heavy (non-hydrogen) atoms. The highest BCUT2D eigenvalue weighted by molar-refractivity contribution is 4.86. The molecule has 0 spiro atoms. The van der Waals surface area contributed by atoms with Crippen molar-refractivity contribution in [2.75, 3.05) is 7.11 Å². The molecule has 1 rings (SSSR count). The van der Waals surface area contributed by atoms with Gasteiger partial charge in [0.2, 0.25) is 0 Å². The van der Waals surface area contributed by atoms with Crippen molar-refractivity contribution in [3.63, 3.8) is 0 Å². The van der Waals surface area contributed by atoms with Gasteiger partial charge in [0, 0.05) is 13.2 Å². The summed E-state index contributed by atoms with van der Waals surface area (Å²) < 4.78 is 5.19. The molecule has 66 valence electrons. The molecule has 1 fully saturated rings. The highest BCUT2D eigenvalue weighted by Gasteiger charge is 2.31. The van der Waals surface area contributed by atoms with Crippen molar-refractivity contribution in [3.8, 4) is 0 Å². The maximum Gasteiger partial charge on any atom is 0.0718 e. The van der Waals surface area contributed by atoms with Crippen molar-refractivity contribution in [2.24, 2.45) is 11.7 Å². The first-order chi connectivity index (χ1) is 5.15. The molecule has 4 atom stereocenters. The van der Waals surface area contributed by atoms with Crippen molar-refractivity contribution in [2.45, 2.75) is 38.0 Å². The number of nitrogens with two attached hydrogens (primary N) is 1. The van der Waals surface area contributed by atoms with Crippen LogP contribution in [0.25, 0.3) is 0 Å². The largest absolute Gasteiger partial charge is 0.391 e. The number of aliphatic hydroxyl groups is 1. The minimum atomic E-state index is -0.346. The fraction of sp³-hybridized carbons (Fsp3) is 1.00. The average Bonchev–Trinajstić information content (AvgIpc) is 1.99. The Morgan fingerprint density at radius 2 is 2.09 bits per heavy atom. The molecule has 0 radical (unpaired) electrons. The molecule has 3 N–H and O–H groups in total. The molecular formula is C8H17NO2. The smallest absolute Gasteiger partial charge is 0.0718 e. The van der Waals surface area contributed by atoms with Gasteiger partial charge in [-0.1, -0.05) is 6.92 Å². The van der Waals surface area contributed by atoms with Crippen molar-refractivity contribution >= 4 is 0 Å². The molecule has 0 aliphatic heterocycles. The number of methoxy groups -OCH3 is 1. The number of hydrogen-bond donors (Lipinski definition) is 2. The second kappa shape index (κ2) is 3.52. The maximum absolute atomic E-state index is 9.48. The Balaban J connectivity index is 2.47. The first-order valence-electron chi connectivity index (χ1n) is 4.11. The highest BCUT2D eigenvalue weighted by Crippen LogP contribution is 2.25. The number of hydrogen-bond acceptors (Lipinski definition) is 3. The summed E-state index contributed by atoms with van der Waals surface area (Å²) >= 11 is 0. The molecule has 0 saturated heterocycles. The topological polar surface area (TPSA) is 55.5 Å². The normalized spacial score (nSPS) is 45.8. The summed E-state index contributed by atoms with van der Waals surface area (Å²) in [5.41, 5.74) is 5.70. The fourth-order valence-corrected chi connectivity index (χ4v) is 1.71. The molecule has 0 aromatic carbocycles. The predicted octanol–water partition coefficient (Wildman–Crippen LogP) is 0.120. The van der Waals surface area contributed by atoms with Crippen LogP contribution in [0.2, 0.25) is 0 Å². The predicted molar refractivity (Wildman–Crippen MR) is 43.2 cm³/mol. The summed E-state index contributed by atoms with van der Waals surface area (Å²) in [7, 11) is 1.70. The van der Waals surface area contributed by atoms with Gasteiger partial charge in [0.15, 0.2) is 0 Å². The summed E-state index contributed by atoms with van der Waals surface area (Å²) in [6.07, 6.45) is 1.60. The standard InChI is InChI=1S/C8H17NO2/c1-5-3-6(11-2)4-7(9)8(5)10/h5-8,10H,3-4,9H2,1-2H3/t5?,6-,7-,8-/m1/s1. The summed E-state index contributed by atoms with van der Waals surface area (Å²) in [5, 5.41) is 9.48.